The monoisotopic (exact) mass is 690 g/mol. The Kier molecular flexibility index (Phi) is 8.00. The van der Waals surface area contributed by atoms with E-state index in [0.717, 1.165) is 47.0 Å². The largest absolute Gasteiger partial charge is 0.310 e. The second kappa shape index (κ2) is 13.6. The van der Waals surface area contributed by atoms with Crippen molar-refractivity contribution < 1.29 is 0 Å². The van der Waals surface area contributed by atoms with Crippen LogP contribution in [-0.4, -0.2) is 0 Å². The number of anilines is 6. The summed E-state index contributed by atoms with van der Waals surface area (Å²) >= 11 is 0. The first-order valence-corrected chi connectivity index (χ1v) is 18.8. The standard InChI is InChI=1S/C52H38N2/c1-3-19-41(20-4-1)53(43-29-27-37-15-7-9-17-39(37)35-43)51-33-31-47(45-23-11-13-25-49(45)51)48-32-34-52(50-26-14-12-24-46(48)50)54(42-21-5-2-6-22-42)44-30-28-38-16-8-10-18-40(38)36-44/h1-7,9-15,17-36H,8,16H2. The van der Waals surface area contributed by atoms with Crippen molar-refractivity contribution in [3.8, 4) is 11.1 Å². The van der Waals surface area contributed by atoms with Crippen LogP contribution in [0.3, 0.4) is 0 Å². The molecule has 54 heavy (non-hydrogen) atoms. The van der Waals surface area contributed by atoms with Gasteiger partial charge in [0.05, 0.1) is 11.4 Å². The molecule has 0 atom stereocenters. The summed E-state index contributed by atoms with van der Waals surface area (Å²) < 4.78 is 0. The van der Waals surface area contributed by atoms with E-state index >= 15 is 0 Å². The molecule has 0 spiro atoms. The summed E-state index contributed by atoms with van der Waals surface area (Å²) in [7, 11) is 0. The molecule has 1 aliphatic rings. The minimum atomic E-state index is 1.09. The minimum absolute atomic E-state index is 1.09. The quantitative estimate of drug-likeness (QED) is 0.164. The molecule has 2 heteroatoms. The summed E-state index contributed by atoms with van der Waals surface area (Å²) in [4.78, 5) is 4.81. The summed E-state index contributed by atoms with van der Waals surface area (Å²) in [5.74, 6) is 0. The van der Waals surface area contributed by atoms with E-state index in [1.165, 1.54) is 54.6 Å². The van der Waals surface area contributed by atoms with Crippen LogP contribution in [-0.2, 0) is 6.42 Å². The van der Waals surface area contributed by atoms with Gasteiger partial charge in [0.2, 0.25) is 0 Å². The SMILES string of the molecule is C1=Cc2cc(N(c3ccccc3)c3ccc(-c4ccc(N(c5ccccc5)c5ccc6ccccc6c5)c5ccccc45)c4ccccc34)ccc2CC1. The molecular weight excluding hydrogens is 653 g/mol. The highest BCUT2D eigenvalue weighted by molar-refractivity contribution is 6.13. The number of allylic oxidation sites excluding steroid dienone is 1. The van der Waals surface area contributed by atoms with Gasteiger partial charge in [-0.15, -0.1) is 0 Å². The third kappa shape index (κ3) is 5.60. The fraction of sp³-hybridized carbons (Fsp3) is 0.0385. The Morgan fingerprint density at radius 2 is 0.852 bits per heavy atom. The van der Waals surface area contributed by atoms with Crippen LogP contribution in [0, 0.1) is 0 Å². The maximum absolute atomic E-state index is 2.41. The summed E-state index contributed by atoms with van der Waals surface area (Å²) in [5, 5.41) is 7.31. The van der Waals surface area contributed by atoms with Crippen molar-refractivity contribution in [3.63, 3.8) is 0 Å². The van der Waals surface area contributed by atoms with Crippen molar-refractivity contribution in [2.24, 2.45) is 0 Å². The van der Waals surface area contributed by atoms with Crippen molar-refractivity contribution in [1.82, 2.24) is 0 Å². The van der Waals surface area contributed by atoms with E-state index < -0.39 is 0 Å². The molecule has 0 aromatic heterocycles. The molecule has 0 fully saturated rings. The Balaban J connectivity index is 1.15. The number of fused-ring (bicyclic) bond motifs is 4. The highest BCUT2D eigenvalue weighted by atomic mass is 15.1. The van der Waals surface area contributed by atoms with Crippen molar-refractivity contribution >= 4 is 72.5 Å². The van der Waals surface area contributed by atoms with E-state index in [4.69, 9.17) is 0 Å². The van der Waals surface area contributed by atoms with Crippen LogP contribution < -0.4 is 9.80 Å². The van der Waals surface area contributed by atoms with E-state index in [0.29, 0.717) is 0 Å². The Hall–Kier alpha value is -6.90. The predicted octanol–water partition coefficient (Wildman–Crippen LogP) is 14.7. The molecule has 2 nitrogen and oxygen atoms in total. The van der Waals surface area contributed by atoms with Gasteiger partial charge in [0.25, 0.3) is 0 Å². The zero-order valence-corrected chi connectivity index (χ0v) is 29.9. The predicted molar refractivity (Wildman–Crippen MR) is 231 cm³/mol. The molecule has 0 saturated carbocycles. The highest BCUT2D eigenvalue weighted by Gasteiger charge is 2.21. The molecule has 0 bridgehead atoms. The smallest absolute Gasteiger partial charge is 0.0540 e. The lowest BCUT2D eigenvalue weighted by Crippen LogP contribution is -2.11. The molecule has 0 N–H and O–H groups in total. The van der Waals surface area contributed by atoms with Crippen LogP contribution in [0.4, 0.5) is 34.1 Å². The number of para-hydroxylation sites is 2. The Bertz CT molecular complexity index is 2840. The first-order chi connectivity index (χ1) is 26.8. The van der Waals surface area contributed by atoms with Gasteiger partial charge in [0.15, 0.2) is 0 Å². The normalized spacial score (nSPS) is 12.2. The van der Waals surface area contributed by atoms with Gasteiger partial charge < -0.3 is 9.80 Å². The number of aryl methyl sites for hydroxylation is 1. The fourth-order valence-corrected chi connectivity index (χ4v) is 8.30. The zero-order chi connectivity index (χ0) is 35.8. The average Bonchev–Trinajstić information content (AvgIpc) is 3.25. The van der Waals surface area contributed by atoms with E-state index in [9.17, 15) is 0 Å². The lowest BCUT2D eigenvalue weighted by Gasteiger charge is -2.29. The number of hydrogen-bond acceptors (Lipinski definition) is 2. The van der Waals surface area contributed by atoms with Crippen LogP contribution in [0.5, 0.6) is 0 Å². The fourth-order valence-electron chi connectivity index (χ4n) is 8.30. The molecule has 256 valence electrons. The molecule has 1 aliphatic carbocycles. The van der Waals surface area contributed by atoms with Crippen LogP contribution in [0.1, 0.15) is 17.5 Å². The van der Waals surface area contributed by atoms with E-state index in [1.54, 1.807) is 0 Å². The Morgan fingerprint density at radius 3 is 1.46 bits per heavy atom. The maximum atomic E-state index is 2.41. The molecule has 0 amide bonds. The highest BCUT2D eigenvalue weighted by Crippen LogP contribution is 2.46. The molecule has 0 unspecified atom stereocenters. The van der Waals surface area contributed by atoms with Crippen molar-refractivity contribution in [2.45, 2.75) is 12.8 Å². The zero-order valence-electron chi connectivity index (χ0n) is 29.9. The molecule has 9 aromatic carbocycles. The van der Waals surface area contributed by atoms with Crippen molar-refractivity contribution in [2.75, 3.05) is 9.80 Å². The molecule has 10 rings (SSSR count). The molecule has 0 radical (unpaired) electrons. The first-order valence-electron chi connectivity index (χ1n) is 18.8. The second-order valence-corrected chi connectivity index (χ2v) is 14.1. The summed E-state index contributed by atoms with van der Waals surface area (Å²) in [6.45, 7) is 0. The van der Waals surface area contributed by atoms with Gasteiger partial charge in [-0.05, 0) is 117 Å². The minimum Gasteiger partial charge on any atom is -0.310 e. The molecule has 0 saturated heterocycles. The van der Waals surface area contributed by atoms with Gasteiger partial charge in [0, 0.05) is 33.5 Å². The maximum Gasteiger partial charge on any atom is 0.0540 e. The number of rotatable bonds is 7. The molecular formula is C52H38N2. The number of hydrogen-bond donors (Lipinski definition) is 0. The number of benzene rings is 9. The van der Waals surface area contributed by atoms with E-state index in [2.05, 4.69) is 216 Å². The van der Waals surface area contributed by atoms with Crippen LogP contribution in [0.2, 0.25) is 0 Å². The van der Waals surface area contributed by atoms with Gasteiger partial charge in [-0.2, -0.15) is 0 Å². The van der Waals surface area contributed by atoms with Gasteiger partial charge in [-0.1, -0.05) is 146 Å². The summed E-state index contributed by atoms with van der Waals surface area (Å²) in [6.07, 6.45) is 6.76. The van der Waals surface area contributed by atoms with Gasteiger partial charge in [-0.25, -0.2) is 0 Å². The lowest BCUT2D eigenvalue weighted by atomic mass is 9.91. The van der Waals surface area contributed by atoms with Crippen molar-refractivity contribution in [3.05, 3.63) is 211 Å². The van der Waals surface area contributed by atoms with Crippen LogP contribution in [0.15, 0.2) is 200 Å². The first kappa shape index (κ1) is 31.8. The van der Waals surface area contributed by atoms with Gasteiger partial charge in [-0.3, -0.25) is 0 Å². The topological polar surface area (TPSA) is 6.48 Å². The van der Waals surface area contributed by atoms with Crippen molar-refractivity contribution in [1.29, 1.82) is 0 Å². The Morgan fingerprint density at radius 1 is 0.352 bits per heavy atom. The summed E-state index contributed by atoms with van der Waals surface area (Å²) in [6, 6.07) is 70.8. The van der Waals surface area contributed by atoms with E-state index in [-0.39, 0.29) is 0 Å². The van der Waals surface area contributed by atoms with Gasteiger partial charge in [0.1, 0.15) is 0 Å². The van der Waals surface area contributed by atoms with Crippen LogP contribution in [0.25, 0.3) is 49.5 Å². The Labute approximate surface area is 316 Å². The third-order valence-electron chi connectivity index (χ3n) is 10.9. The second-order valence-electron chi connectivity index (χ2n) is 14.1. The third-order valence-corrected chi connectivity index (χ3v) is 10.9. The number of nitrogens with zero attached hydrogens (tertiary/aromatic N) is 2. The molecule has 0 heterocycles. The molecule has 0 aliphatic heterocycles. The average molecular weight is 691 g/mol. The van der Waals surface area contributed by atoms with E-state index in [1.807, 2.05) is 0 Å². The lowest BCUT2D eigenvalue weighted by molar-refractivity contribution is 0.985. The summed E-state index contributed by atoms with van der Waals surface area (Å²) in [5.41, 5.74) is 12.0. The van der Waals surface area contributed by atoms with Crippen LogP contribution >= 0.6 is 0 Å². The molecule has 9 aromatic rings. The van der Waals surface area contributed by atoms with Gasteiger partial charge >= 0.3 is 0 Å².